The summed E-state index contributed by atoms with van der Waals surface area (Å²) in [5.74, 6) is -1.80. The number of carbonyl (C=O) groups is 1. The molecular weight excluding hydrogens is 363 g/mol. The van der Waals surface area contributed by atoms with Gasteiger partial charge < -0.3 is 4.57 Å². The van der Waals surface area contributed by atoms with Gasteiger partial charge in [-0.15, -0.1) is 0 Å². The molecule has 0 aliphatic carbocycles. The molecule has 5 heteroatoms. The number of halogens is 3. The number of aryl methyl sites for hydroxylation is 1. The van der Waals surface area contributed by atoms with Crippen LogP contribution in [0.5, 0.6) is 0 Å². The van der Waals surface area contributed by atoms with E-state index in [1.54, 1.807) is 11.6 Å². The Kier molecular flexibility index (Phi) is 4.45. The van der Waals surface area contributed by atoms with Crippen molar-refractivity contribution in [3.05, 3.63) is 47.0 Å². The summed E-state index contributed by atoms with van der Waals surface area (Å²) in [5, 5.41) is 1.55. The molecule has 0 spiro atoms. The van der Waals surface area contributed by atoms with Crippen LogP contribution in [0, 0.1) is 0 Å². The molecule has 0 amide bonds. The predicted octanol–water partition coefficient (Wildman–Crippen LogP) is 6.67. The van der Waals surface area contributed by atoms with Gasteiger partial charge in [0.25, 0.3) is 5.78 Å². The Balaban J connectivity index is 2.51. The number of hydrogen-bond donors (Lipinski definition) is 0. The molecule has 0 aliphatic heterocycles. The van der Waals surface area contributed by atoms with Gasteiger partial charge in [-0.05, 0) is 46.2 Å². The number of hydrogen-bond acceptors (Lipinski definition) is 1. The minimum absolute atomic E-state index is 0.0946. The summed E-state index contributed by atoms with van der Waals surface area (Å²) in [6.45, 7) is 12.1. The molecule has 1 heterocycles. The molecule has 0 unspecified atom stereocenters. The van der Waals surface area contributed by atoms with Crippen LogP contribution in [-0.2, 0) is 17.9 Å². The number of benzene rings is 2. The SMILES string of the molecule is Cn1c2ccc(C(C)(C)C)cc2c2cc(C(C)(C)C)cc(C(=O)C(F)(F)F)c21. The predicted molar refractivity (Wildman–Crippen MR) is 108 cm³/mol. The molecule has 3 rings (SSSR count). The van der Waals surface area contributed by atoms with Crippen LogP contribution in [0.3, 0.4) is 0 Å². The zero-order valence-corrected chi connectivity index (χ0v) is 17.4. The van der Waals surface area contributed by atoms with Crippen molar-refractivity contribution in [2.75, 3.05) is 0 Å². The summed E-state index contributed by atoms with van der Waals surface area (Å²) >= 11 is 0. The quantitative estimate of drug-likeness (QED) is 0.426. The fourth-order valence-electron chi connectivity index (χ4n) is 3.59. The first kappa shape index (κ1) is 20.4. The third-order valence-corrected chi connectivity index (χ3v) is 5.33. The number of carbonyl (C=O) groups excluding carboxylic acids is 1. The molecule has 0 N–H and O–H groups in total. The highest BCUT2D eigenvalue weighted by atomic mass is 19.4. The maximum absolute atomic E-state index is 13.3. The molecule has 0 fully saturated rings. The molecule has 0 saturated carbocycles. The van der Waals surface area contributed by atoms with E-state index in [0.717, 1.165) is 16.5 Å². The lowest BCUT2D eigenvalue weighted by Gasteiger charge is -2.21. The van der Waals surface area contributed by atoms with Crippen molar-refractivity contribution < 1.29 is 18.0 Å². The lowest BCUT2D eigenvalue weighted by Crippen LogP contribution is -2.24. The lowest BCUT2D eigenvalue weighted by molar-refractivity contribution is -0.0884. The average Bonchev–Trinajstić information content (AvgIpc) is 2.83. The maximum Gasteiger partial charge on any atom is 0.454 e. The molecule has 150 valence electrons. The summed E-state index contributed by atoms with van der Waals surface area (Å²) in [4.78, 5) is 12.3. The van der Waals surface area contributed by atoms with Crippen LogP contribution in [0.15, 0.2) is 30.3 Å². The number of Topliss-reactive ketones (excluding diaryl/α,β-unsaturated/α-hetero) is 1. The van der Waals surface area contributed by atoms with Crippen LogP contribution in [0.2, 0.25) is 0 Å². The van der Waals surface area contributed by atoms with Crippen molar-refractivity contribution in [3.63, 3.8) is 0 Å². The third kappa shape index (κ3) is 3.31. The van der Waals surface area contributed by atoms with Gasteiger partial charge in [0, 0.05) is 23.3 Å². The molecule has 1 aromatic heterocycles. The molecule has 0 atom stereocenters. The van der Waals surface area contributed by atoms with Crippen molar-refractivity contribution in [2.45, 2.75) is 58.5 Å². The van der Waals surface area contributed by atoms with Gasteiger partial charge in [-0.25, -0.2) is 0 Å². The summed E-state index contributed by atoms with van der Waals surface area (Å²) in [5.41, 5.74) is 2.17. The fraction of sp³-hybridized carbons (Fsp3) is 0.435. The second-order valence-corrected chi connectivity index (χ2v) is 9.54. The first-order chi connectivity index (χ1) is 12.6. The zero-order valence-electron chi connectivity index (χ0n) is 17.4. The monoisotopic (exact) mass is 389 g/mol. The van der Waals surface area contributed by atoms with E-state index < -0.39 is 17.4 Å². The van der Waals surface area contributed by atoms with Crippen LogP contribution in [-0.4, -0.2) is 16.5 Å². The van der Waals surface area contributed by atoms with Crippen molar-refractivity contribution in [1.82, 2.24) is 4.57 Å². The number of alkyl halides is 3. The van der Waals surface area contributed by atoms with Gasteiger partial charge >= 0.3 is 6.18 Å². The molecule has 2 nitrogen and oxygen atoms in total. The van der Waals surface area contributed by atoms with Crippen molar-refractivity contribution in [1.29, 1.82) is 0 Å². The number of aromatic nitrogens is 1. The number of rotatable bonds is 1. The largest absolute Gasteiger partial charge is 0.454 e. The van der Waals surface area contributed by atoms with E-state index in [-0.39, 0.29) is 11.0 Å². The normalized spacial score (nSPS) is 13.5. The minimum atomic E-state index is -4.92. The molecular formula is C23H26F3NO. The van der Waals surface area contributed by atoms with E-state index in [1.807, 2.05) is 45.0 Å². The van der Waals surface area contributed by atoms with Crippen molar-refractivity contribution in [3.8, 4) is 0 Å². The van der Waals surface area contributed by atoms with E-state index in [0.29, 0.717) is 16.5 Å². The average molecular weight is 389 g/mol. The van der Waals surface area contributed by atoms with E-state index in [9.17, 15) is 18.0 Å². The number of fused-ring (bicyclic) bond motifs is 3. The first-order valence-electron chi connectivity index (χ1n) is 9.31. The van der Waals surface area contributed by atoms with Crippen LogP contribution >= 0.6 is 0 Å². The highest BCUT2D eigenvalue weighted by molar-refractivity contribution is 6.17. The minimum Gasteiger partial charge on any atom is -0.343 e. The van der Waals surface area contributed by atoms with E-state index in [1.165, 1.54) is 6.07 Å². The topological polar surface area (TPSA) is 22.0 Å². The maximum atomic E-state index is 13.3. The van der Waals surface area contributed by atoms with Crippen LogP contribution in [0.25, 0.3) is 21.8 Å². The molecule has 0 bridgehead atoms. The number of ketones is 1. The van der Waals surface area contributed by atoms with Crippen LogP contribution in [0.4, 0.5) is 13.2 Å². The van der Waals surface area contributed by atoms with E-state index >= 15 is 0 Å². The van der Waals surface area contributed by atoms with Gasteiger partial charge in [0.2, 0.25) is 0 Å². The van der Waals surface area contributed by atoms with Crippen molar-refractivity contribution >= 4 is 27.6 Å². The van der Waals surface area contributed by atoms with E-state index in [2.05, 4.69) is 20.8 Å². The van der Waals surface area contributed by atoms with Gasteiger partial charge in [0.1, 0.15) is 0 Å². The second kappa shape index (κ2) is 6.10. The number of nitrogens with zero attached hydrogens (tertiary/aromatic N) is 1. The summed E-state index contributed by atoms with van der Waals surface area (Å²) in [7, 11) is 1.71. The lowest BCUT2D eigenvalue weighted by atomic mass is 9.83. The Morgan fingerprint density at radius 1 is 0.821 bits per heavy atom. The smallest absolute Gasteiger partial charge is 0.343 e. The highest BCUT2D eigenvalue weighted by Crippen LogP contribution is 2.38. The molecule has 0 radical (unpaired) electrons. The molecule has 3 aromatic rings. The summed E-state index contributed by atoms with van der Waals surface area (Å²) in [6.07, 6.45) is -4.92. The Labute approximate surface area is 163 Å². The fourth-order valence-corrected chi connectivity index (χ4v) is 3.59. The Bertz CT molecular complexity index is 1090. The Morgan fingerprint density at radius 3 is 1.86 bits per heavy atom. The molecule has 0 saturated heterocycles. The standard InChI is InChI=1S/C23H26F3NO/c1-21(2,3)13-8-9-18-15(10-13)16-11-14(22(4,5)6)12-17(19(16)27(18)7)20(28)23(24,25)26/h8-12H,1-7H3. The van der Waals surface area contributed by atoms with Gasteiger partial charge in [-0.2, -0.15) is 13.2 Å². The van der Waals surface area contributed by atoms with Crippen LogP contribution < -0.4 is 0 Å². The van der Waals surface area contributed by atoms with Gasteiger partial charge in [0.15, 0.2) is 0 Å². The zero-order chi connectivity index (χ0) is 21.2. The summed E-state index contributed by atoms with van der Waals surface area (Å²) < 4.78 is 41.7. The Morgan fingerprint density at radius 2 is 1.36 bits per heavy atom. The van der Waals surface area contributed by atoms with Gasteiger partial charge in [0.05, 0.1) is 11.1 Å². The molecule has 0 aliphatic rings. The van der Waals surface area contributed by atoms with Gasteiger partial charge in [-0.1, -0.05) is 47.6 Å². The first-order valence-corrected chi connectivity index (χ1v) is 9.31. The third-order valence-electron chi connectivity index (χ3n) is 5.33. The van der Waals surface area contributed by atoms with E-state index in [4.69, 9.17) is 0 Å². The second-order valence-electron chi connectivity index (χ2n) is 9.54. The Hall–Kier alpha value is -2.30. The van der Waals surface area contributed by atoms with Crippen LogP contribution in [0.1, 0.15) is 63.0 Å². The molecule has 28 heavy (non-hydrogen) atoms. The van der Waals surface area contributed by atoms with Gasteiger partial charge in [-0.3, -0.25) is 4.79 Å². The summed E-state index contributed by atoms with van der Waals surface area (Å²) in [6, 6.07) is 9.29. The molecule has 2 aromatic carbocycles. The highest BCUT2D eigenvalue weighted by Gasteiger charge is 2.41. The van der Waals surface area contributed by atoms with Crippen molar-refractivity contribution in [2.24, 2.45) is 7.05 Å².